The molecule has 118 valence electrons. The normalized spacial score (nSPS) is 24.5. The number of hydrogen-bond acceptors (Lipinski definition) is 4. The Morgan fingerprint density at radius 1 is 1.10 bits per heavy atom. The van der Waals surface area contributed by atoms with Crippen molar-refractivity contribution < 1.29 is 5.11 Å². The van der Waals surface area contributed by atoms with E-state index in [2.05, 4.69) is 33.5 Å². The van der Waals surface area contributed by atoms with E-state index in [-0.39, 0.29) is 6.61 Å². The van der Waals surface area contributed by atoms with Crippen LogP contribution >= 0.6 is 0 Å². The highest BCUT2D eigenvalue weighted by atomic mass is 16.3. The van der Waals surface area contributed by atoms with E-state index in [1.807, 2.05) is 0 Å². The number of rotatable bonds is 4. The predicted octanol–water partition coefficient (Wildman–Crippen LogP) is 1.50. The highest BCUT2D eigenvalue weighted by Gasteiger charge is 2.26. The van der Waals surface area contributed by atoms with Crippen LogP contribution < -0.4 is 0 Å². The van der Waals surface area contributed by atoms with E-state index in [4.69, 9.17) is 0 Å². The first-order valence-corrected chi connectivity index (χ1v) is 8.43. The van der Waals surface area contributed by atoms with Crippen LogP contribution in [0, 0.1) is 11.8 Å². The highest BCUT2D eigenvalue weighted by Crippen LogP contribution is 2.25. The number of aliphatic hydroxyl groups is 1. The van der Waals surface area contributed by atoms with Crippen LogP contribution in [0.2, 0.25) is 0 Å². The zero-order chi connectivity index (χ0) is 14.8. The fraction of sp³-hybridized carbons (Fsp3) is 0.875. The number of fused-ring (bicyclic) bond motifs is 1. The number of aromatic nitrogens is 3. The van der Waals surface area contributed by atoms with Gasteiger partial charge in [-0.1, -0.05) is 0 Å². The SMILES string of the molecule is CC(C)N1CCC(Cc2nnc3n2CCC(CO)C3)CC1. The van der Waals surface area contributed by atoms with E-state index < -0.39 is 0 Å². The van der Waals surface area contributed by atoms with Crippen molar-refractivity contribution in [1.82, 2.24) is 19.7 Å². The second kappa shape index (κ2) is 6.44. The van der Waals surface area contributed by atoms with E-state index >= 15 is 0 Å². The Labute approximate surface area is 127 Å². The van der Waals surface area contributed by atoms with Gasteiger partial charge >= 0.3 is 0 Å². The van der Waals surface area contributed by atoms with E-state index in [9.17, 15) is 5.11 Å². The Balaban J connectivity index is 1.59. The number of likely N-dealkylation sites (tertiary alicyclic amines) is 1. The van der Waals surface area contributed by atoms with Gasteiger partial charge < -0.3 is 14.6 Å². The van der Waals surface area contributed by atoms with Crippen molar-refractivity contribution >= 4 is 0 Å². The van der Waals surface area contributed by atoms with Gasteiger partial charge in [0.05, 0.1) is 0 Å². The molecule has 2 aliphatic rings. The standard InChI is InChI=1S/C16H28N4O/c1-12(2)19-6-3-13(4-7-19)9-15-17-18-16-10-14(11-21)5-8-20(15)16/h12-14,21H,3-11H2,1-2H3. The molecule has 1 unspecified atom stereocenters. The topological polar surface area (TPSA) is 54.2 Å². The average molecular weight is 292 g/mol. The molecular weight excluding hydrogens is 264 g/mol. The molecule has 1 aromatic rings. The van der Waals surface area contributed by atoms with Gasteiger partial charge in [0.1, 0.15) is 11.6 Å². The molecule has 3 heterocycles. The summed E-state index contributed by atoms with van der Waals surface area (Å²) in [6.45, 7) is 8.26. The van der Waals surface area contributed by atoms with Crippen molar-refractivity contribution in [2.75, 3.05) is 19.7 Å². The zero-order valence-corrected chi connectivity index (χ0v) is 13.3. The molecule has 2 aliphatic heterocycles. The molecule has 1 saturated heterocycles. The largest absolute Gasteiger partial charge is 0.396 e. The summed E-state index contributed by atoms with van der Waals surface area (Å²) >= 11 is 0. The highest BCUT2D eigenvalue weighted by molar-refractivity contribution is 5.02. The van der Waals surface area contributed by atoms with Gasteiger partial charge in [0.2, 0.25) is 0 Å². The summed E-state index contributed by atoms with van der Waals surface area (Å²) in [5.41, 5.74) is 0. The maximum atomic E-state index is 9.29. The third-order valence-corrected chi connectivity index (χ3v) is 5.25. The van der Waals surface area contributed by atoms with Crippen LogP contribution in [-0.2, 0) is 19.4 Å². The first-order valence-electron chi connectivity index (χ1n) is 8.43. The first-order chi connectivity index (χ1) is 10.2. The monoisotopic (exact) mass is 292 g/mol. The summed E-state index contributed by atoms with van der Waals surface area (Å²) in [5, 5.41) is 18.1. The van der Waals surface area contributed by atoms with Gasteiger partial charge in [0.25, 0.3) is 0 Å². The van der Waals surface area contributed by atoms with Gasteiger partial charge in [0.15, 0.2) is 0 Å². The number of hydrogen-bond donors (Lipinski definition) is 1. The molecule has 0 saturated carbocycles. The minimum atomic E-state index is 0.274. The molecule has 0 radical (unpaired) electrons. The predicted molar refractivity (Wildman–Crippen MR) is 82.1 cm³/mol. The van der Waals surface area contributed by atoms with Crippen LogP contribution in [-0.4, -0.2) is 50.5 Å². The summed E-state index contributed by atoms with van der Waals surface area (Å²) in [7, 11) is 0. The van der Waals surface area contributed by atoms with Gasteiger partial charge in [-0.2, -0.15) is 0 Å². The minimum Gasteiger partial charge on any atom is -0.396 e. The third kappa shape index (κ3) is 3.29. The summed E-state index contributed by atoms with van der Waals surface area (Å²) in [5.74, 6) is 3.38. The van der Waals surface area contributed by atoms with Gasteiger partial charge in [-0.25, -0.2) is 0 Å². The molecule has 5 heteroatoms. The lowest BCUT2D eigenvalue weighted by atomic mass is 9.92. The summed E-state index contributed by atoms with van der Waals surface area (Å²) in [6, 6.07) is 0.669. The van der Waals surface area contributed by atoms with Crippen LogP contribution in [0.3, 0.4) is 0 Å². The molecule has 1 atom stereocenters. The molecule has 0 bridgehead atoms. The molecule has 0 aliphatic carbocycles. The minimum absolute atomic E-state index is 0.274. The van der Waals surface area contributed by atoms with Gasteiger partial charge in [-0.15, -0.1) is 10.2 Å². The number of aliphatic hydroxyl groups excluding tert-OH is 1. The van der Waals surface area contributed by atoms with Crippen molar-refractivity contribution in [3.8, 4) is 0 Å². The van der Waals surface area contributed by atoms with Gasteiger partial charge in [-0.05, 0) is 58.0 Å². The van der Waals surface area contributed by atoms with Crippen molar-refractivity contribution in [3.63, 3.8) is 0 Å². The molecule has 21 heavy (non-hydrogen) atoms. The summed E-state index contributed by atoms with van der Waals surface area (Å²) in [4.78, 5) is 2.57. The van der Waals surface area contributed by atoms with E-state index in [1.165, 1.54) is 31.8 Å². The second-order valence-electron chi connectivity index (χ2n) is 7.00. The molecule has 5 nitrogen and oxygen atoms in total. The summed E-state index contributed by atoms with van der Waals surface area (Å²) in [6.07, 6.45) is 5.57. The van der Waals surface area contributed by atoms with Crippen molar-refractivity contribution in [1.29, 1.82) is 0 Å². The van der Waals surface area contributed by atoms with E-state index in [0.717, 1.165) is 37.5 Å². The van der Waals surface area contributed by atoms with Gasteiger partial charge in [0, 0.05) is 32.0 Å². The van der Waals surface area contributed by atoms with Crippen LogP contribution in [0.1, 0.15) is 44.8 Å². The Bertz CT molecular complexity index is 463. The average Bonchev–Trinajstić information content (AvgIpc) is 2.90. The van der Waals surface area contributed by atoms with Crippen LogP contribution in [0.5, 0.6) is 0 Å². The Hall–Kier alpha value is -0.940. The number of nitrogens with zero attached hydrogens (tertiary/aromatic N) is 4. The first kappa shape index (κ1) is 15.0. The molecule has 1 aromatic heterocycles. The maximum Gasteiger partial charge on any atom is 0.133 e. The molecule has 1 N–H and O–H groups in total. The molecule has 0 aromatic carbocycles. The van der Waals surface area contributed by atoms with Crippen LogP contribution in [0.4, 0.5) is 0 Å². The fourth-order valence-electron chi connectivity index (χ4n) is 3.69. The Morgan fingerprint density at radius 3 is 2.48 bits per heavy atom. The van der Waals surface area contributed by atoms with Crippen molar-refractivity contribution in [2.45, 2.75) is 58.5 Å². The molecule has 0 spiro atoms. The van der Waals surface area contributed by atoms with Crippen LogP contribution in [0.25, 0.3) is 0 Å². The maximum absolute atomic E-state index is 9.29. The Morgan fingerprint density at radius 2 is 1.81 bits per heavy atom. The third-order valence-electron chi connectivity index (χ3n) is 5.25. The van der Waals surface area contributed by atoms with E-state index in [0.29, 0.717) is 12.0 Å². The smallest absolute Gasteiger partial charge is 0.133 e. The second-order valence-corrected chi connectivity index (χ2v) is 7.00. The van der Waals surface area contributed by atoms with Gasteiger partial charge in [-0.3, -0.25) is 0 Å². The summed E-state index contributed by atoms with van der Waals surface area (Å²) < 4.78 is 2.31. The molecule has 0 amide bonds. The fourth-order valence-corrected chi connectivity index (χ4v) is 3.69. The lowest BCUT2D eigenvalue weighted by Crippen LogP contribution is -2.39. The zero-order valence-electron chi connectivity index (χ0n) is 13.3. The molecular formula is C16H28N4O. The molecule has 1 fully saturated rings. The quantitative estimate of drug-likeness (QED) is 0.913. The Kier molecular flexibility index (Phi) is 4.60. The number of piperidine rings is 1. The lowest BCUT2D eigenvalue weighted by Gasteiger charge is -2.34. The van der Waals surface area contributed by atoms with Crippen molar-refractivity contribution in [2.24, 2.45) is 11.8 Å². The molecule has 3 rings (SSSR count). The van der Waals surface area contributed by atoms with E-state index in [1.54, 1.807) is 0 Å². The van der Waals surface area contributed by atoms with Crippen LogP contribution in [0.15, 0.2) is 0 Å². The van der Waals surface area contributed by atoms with Crippen molar-refractivity contribution in [3.05, 3.63) is 11.6 Å². The lowest BCUT2D eigenvalue weighted by molar-refractivity contribution is 0.147.